The zero-order valence-corrected chi connectivity index (χ0v) is 14.3. The summed E-state index contributed by atoms with van der Waals surface area (Å²) in [7, 11) is 0. The molecular formula is C19H16N2O3S. The zero-order valence-electron chi connectivity index (χ0n) is 13.4. The summed E-state index contributed by atoms with van der Waals surface area (Å²) in [4.78, 5) is 23.6. The van der Waals surface area contributed by atoms with Gasteiger partial charge in [0.1, 0.15) is 5.56 Å². The third kappa shape index (κ3) is 2.24. The molecule has 2 aromatic heterocycles. The molecule has 2 aromatic rings. The van der Waals surface area contributed by atoms with Crippen molar-refractivity contribution < 1.29 is 9.90 Å². The third-order valence-corrected chi connectivity index (χ3v) is 5.95. The summed E-state index contributed by atoms with van der Waals surface area (Å²) in [6.07, 6.45) is 9.14. The highest BCUT2D eigenvalue weighted by Gasteiger charge is 2.39. The minimum atomic E-state index is -1.16. The first-order valence-corrected chi connectivity index (χ1v) is 9.31. The lowest BCUT2D eigenvalue weighted by atomic mass is 9.88. The molecule has 1 saturated carbocycles. The molecule has 5 nitrogen and oxygen atoms in total. The van der Waals surface area contributed by atoms with Crippen molar-refractivity contribution in [3.63, 3.8) is 0 Å². The van der Waals surface area contributed by atoms with E-state index in [1.165, 1.54) is 53.4 Å². The fourth-order valence-electron chi connectivity index (χ4n) is 4.09. The van der Waals surface area contributed by atoms with Gasteiger partial charge in [-0.15, -0.1) is 0 Å². The molecule has 2 aliphatic carbocycles. The Morgan fingerprint density at radius 2 is 2.16 bits per heavy atom. The van der Waals surface area contributed by atoms with E-state index in [2.05, 4.69) is 15.8 Å². The van der Waals surface area contributed by atoms with E-state index in [1.807, 2.05) is 10.8 Å². The Kier molecular flexibility index (Phi) is 3.12. The van der Waals surface area contributed by atoms with Gasteiger partial charge < -0.3 is 9.67 Å². The second-order valence-electron chi connectivity index (χ2n) is 6.93. The highest BCUT2D eigenvalue weighted by atomic mass is 32.1. The largest absolute Gasteiger partial charge is 0.477 e. The summed E-state index contributed by atoms with van der Waals surface area (Å²) in [5, 5.41) is 11.3. The molecule has 0 amide bonds. The quantitative estimate of drug-likeness (QED) is 0.920. The van der Waals surface area contributed by atoms with Crippen LogP contribution in [0.2, 0.25) is 0 Å². The van der Waals surface area contributed by atoms with E-state index < -0.39 is 11.4 Å². The van der Waals surface area contributed by atoms with E-state index in [0.717, 1.165) is 24.2 Å². The molecule has 126 valence electrons. The number of aromatic carboxylic acids is 1. The maximum atomic E-state index is 12.3. The van der Waals surface area contributed by atoms with Crippen LogP contribution < -0.4 is 5.43 Å². The number of rotatable bonds is 3. The summed E-state index contributed by atoms with van der Waals surface area (Å²) in [6, 6.07) is 1.51. The lowest BCUT2D eigenvalue weighted by Crippen LogP contribution is -2.24. The molecule has 3 heterocycles. The van der Waals surface area contributed by atoms with Gasteiger partial charge in [0.05, 0.1) is 0 Å². The minimum absolute atomic E-state index is 0.157. The third-order valence-electron chi connectivity index (χ3n) is 5.36. The van der Waals surface area contributed by atoms with Crippen LogP contribution in [0.4, 0.5) is 0 Å². The molecule has 0 radical (unpaired) electrons. The zero-order chi connectivity index (χ0) is 17.1. The van der Waals surface area contributed by atoms with Crippen molar-refractivity contribution in [2.45, 2.75) is 25.8 Å². The van der Waals surface area contributed by atoms with E-state index in [-0.39, 0.29) is 5.56 Å². The predicted octanol–water partition coefficient (Wildman–Crippen LogP) is 3.28. The van der Waals surface area contributed by atoms with Crippen LogP contribution in [0.15, 0.2) is 40.3 Å². The molecule has 0 bridgehead atoms. The fourth-order valence-corrected chi connectivity index (χ4v) is 4.61. The van der Waals surface area contributed by atoms with Crippen LogP contribution in [0, 0.1) is 11.8 Å². The number of hydrogen-bond acceptors (Lipinski definition) is 4. The molecule has 0 aromatic carbocycles. The van der Waals surface area contributed by atoms with Crippen molar-refractivity contribution in [2.75, 3.05) is 0 Å². The van der Waals surface area contributed by atoms with Crippen LogP contribution in [0.1, 0.15) is 40.9 Å². The molecule has 5 rings (SSSR count). The van der Waals surface area contributed by atoms with Gasteiger partial charge in [-0.05, 0) is 53.4 Å². The first kappa shape index (κ1) is 14.8. The molecule has 25 heavy (non-hydrogen) atoms. The van der Waals surface area contributed by atoms with Gasteiger partial charge in [0.2, 0.25) is 0 Å². The smallest absolute Gasteiger partial charge is 0.341 e. The summed E-state index contributed by atoms with van der Waals surface area (Å²) >= 11 is 1.43. The normalized spacial score (nSPS) is 21.8. The van der Waals surface area contributed by atoms with Crippen molar-refractivity contribution in [1.82, 2.24) is 8.94 Å². The van der Waals surface area contributed by atoms with Crippen LogP contribution in [-0.4, -0.2) is 20.0 Å². The Morgan fingerprint density at radius 3 is 2.84 bits per heavy atom. The van der Waals surface area contributed by atoms with Crippen LogP contribution in [-0.2, 0) is 6.54 Å². The van der Waals surface area contributed by atoms with Crippen molar-refractivity contribution in [2.24, 2.45) is 11.8 Å². The lowest BCUT2D eigenvalue weighted by molar-refractivity contribution is 0.0694. The Morgan fingerprint density at radius 1 is 1.32 bits per heavy atom. The van der Waals surface area contributed by atoms with Crippen LogP contribution in [0.25, 0.3) is 11.1 Å². The Bertz CT molecular complexity index is 1010. The van der Waals surface area contributed by atoms with Gasteiger partial charge in [-0.25, -0.2) is 9.17 Å². The Labute approximate surface area is 148 Å². The standard InChI is InChI=1S/C19H16N2O3S/c22-16-6-15-18-11(3-4-21(15)8-14(16)19(23)24)5-13(10-1-2-10)17(18)12-7-20-25-9-12/h5-11H,1-4H2,(H,23,24). The minimum Gasteiger partial charge on any atom is -0.477 e. The van der Waals surface area contributed by atoms with Crippen LogP contribution >= 0.6 is 11.5 Å². The second-order valence-corrected chi connectivity index (χ2v) is 7.59. The number of pyridine rings is 1. The SMILES string of the molecule is O=C(O)c1cn2c(cc1=O)C1=C(c3cnsc3)C(C3CC3)=CC1CC2. The molecule has 0 saturated heterocycles. The molecule has 6 heteroatoms. The van der Waals surface area contributed by atoms with E-state index in [1.54, 1.807) is 0 Å². The molecule has 1 aliphatic heterocycles. The van der Waals surface area contributed by atoms with E-state index in [9.17, 15) is 14.7 Å². The highest BCUT2D eigenvalue weighted by molar-refractivity contribution is 7.03. The summed E-state index contributed by atoms with van der Waals surface area (Å²) in [5.74, 6) is -0.242. The molecule has 1 atom stereocenters. The van der Waals surface area contributed by atoms with Crippen molar-refractivity contribution in [3.8, 4) is 0 Å². The number of fused-ring (bicyclic) bond motifs is 3. The van der Waals surface area contributed by atoms with Gasteiger partial charge in [0.25, 0.3) is 0 Å². The van der Waals surface area contributed by atoms with Gasteiger partial charge in [-0.2, -0.15) is 0 Å². The average molecular weight is 352 g/mol. The Hall–Kier alpha value is -2.47. The number of aromatic nitrogens is 2. The number of carbonyl (C=O) groups is 1. The second kappa shape index (κ2) is 5.26. The molecular weight excluding hydrogens is 336 g/mol. The summed E-state index contributed by atoms with van der Waals surface area (Å²) < 4.78 is 6.19. The Balaban J connectivity index is 1.76. The monoisotopic (exact) mass is 352 g/mol. The van der Waals surface area contributed by atoms with E-state index in [0.29, 0.717) is 11.8 Å². The van der Waals surface area contributed by atoms with Gasteiger partial charge in [0, 0.05) is 47.6 Å². The van der Waals surface area contributed by atoms with Crippen LogP contribution in [0.5, 0.6) is 0 Å². The molecule has 1 unspecified atom stereocenters. The van der Waals surface area contributed by atoms with Gasteiger partial charge in [-0.3, -0.25) is 4.79 Å². The number of carboxylic acids is 1. The van der Waals surface area contributed by atoms with Crippen molar-refractivity contribution >= 4 is 28.6 Å². The average Bonchev–Trinajstić information content (AvgIpc) is 3.15. The van der Waals surface area contributed by atoms with Gasteiger partial charge >= 0.3 is 5.97 Å². The molecule has 3 aliphatic rings. The lowest BCUT2D eigenvalue weighted by Gasteiger charge is -2.27. The molecule has 0 spiro atoms. The van der Waals surface area contributed by atoms with Gasteiger partial charge in [-0.1, -0.05) is 6.08 Å². The van der Waals surface area contributed by atoms with Crippen molar-refractivity contribution in [1.29, 1.82) is 0 Å². The predicted molar refractivity (Wildman–Crippen MR) is 95.5 cm³/mol. The summed E-state index contributed by atoms with van der Waals surface area (Å²) in [5.41, 5.74) is 5.18. The maximum absolute atomic E-state index is 12.3. The van der Waals surface area contributed by atoms with Crippen molar-refractivity contribution in [3.05, 3.63) is 62.5 Å². The van der Waals surface area contributed by atoms with Gasteiger partial charge in [0.15, 0.2) is 5.43 Å². The summed E-state index contributed by atoms with van der Waals surface area (Å²) in [6.45, 7) is 0.730. The first-order valence-electron chi connectivity index (χ1n) is 8.47. The number of carboxylic acid groups (broad SMARTS) is 1. The first-order chi connectivity index (χ1) is 12.1. The van der Waals surface area contributed by atoms with E-state index >= 15 is 0 Å². The topological polar surface area (TPSA) is 72.2 Å². The highest BCUT2D eigenvalue weighted by Crippen LogP contribution is 2.53. The number of aryl methyl sites for hydroxylation is 1. The number of nitrogens with zero attached hydrogens (tertiary/aromatic N) is 2. The van der Waals surface area contributed by atoms with E-state index in [4.69, 9.17) is 0 Å². The number of allylic oxidation sites excluding steroid dienone is 4. The fraction of sp³-hybridized carbons (Fsp3) is 0.316. The van der Waals surface area contributed by atoms with Crippen LogP contribution in [0.3, 0.4) is 0 Å². The molecule has 1 N–H and O–H groups in total. The number of hydrogen-bond donors (Lipinski definition) is 1. The maximum Gasteiger partial charge on any atom is 0.341 e. The molecule has 1 fully saturated rings.